The molecule has 0 spiro atoms. The Labute approximate surface area is 108 Å². The average molecular weight is 264 g/mol. The van der Waals surface area contributed by atoms with E-state index >= 15 is 0 Å². The molecule has 0 fully saturated rings. The quantitative estimate of drug-likeness (QED) is 0.889. The Morgan fingerprint density at radius 1 is 1.47 bits per heavy atom. The van der Waals surface area contributed by atoms with Gasteiger partial charge in [0.1, 0.15) is 5.82 Å². The molecule has 5 nitrogen and oxygen atoms in total. The Morgan fingerprint density at radius 3 is 2.84 bits per heavy atom. The largest absolute Gasteiger partial charge is 0.504 e. The minimum atomic E-state index is -0.896. The van der Waals surface area contributed by atoms with Crippen LogP contribution in [-0.2, 0) is 0 Å². The highest BCUT2D eigenvalue weighted by Gasteiger charge is 2.11. The summed E-state index contributed by atoms with van der Waals surface area (Å²) in [7, 11) is 0. The summed E-state index contributed by atoms with van der Waals surface area (Å²) in [5.74, 6) is -0.395. The van der Waals surface area contributed by atoms with E-state index in [0.29, 0.717) is 12.2 Å². The summed E-state index contributed by atoms with van der Waals surface area (Å²) < 4.78 is 18.5. The Balaban J connectivity index is 2.53. The molecule has 0 radical (unpaired) electrons. The van der Waals surface area contributed by atoms with Gasteiger partial charge in [-0.1, -0.05) is 0 Å². The number of rotatable bonds is 3. The van der Waals surface area contributed by atoms with E-state index in [0.717, 1.165) is 0 Å². The van der Waals surface area contributed by atoms with Crippen molar-refractivity contribution in [2.75, 3.05) is 6.61 Å². The fraction of sp³-hybridized carbons (Fsp3) is 0.231. The maximum atomic E-state index is 13.2. The molecule has 2 N–H and O–H groups in total. The number of aryl methyl sites for hydroxylation is 1. The fourth-order valence-corrected chi connectivity index (χ4v) is 1.64. The van der Waals surface area contributed by atoms with Crippen LogP contribution < -0.4 is 10.3 Å². The summed E-state index contributed by atoms with van der Waals surface area (Å²) in [5.41, 5.74) is -0.278. The normalized spacial score (nSPS) is 10.5. The van der Waals surface area contributed by atoms with Gasteiger partial charge in [-0.15, -0.1) is 0 Å². The lowest BCUT2D eigenvalue weighted by molar-refractivity contribution is 0.318. The van der Waals surface area contributed by atoms with E-state index in [2.05, 4.69) is 9.97 Å². The average Bonchev–Trinajstić information content (AvgIpc) is 2.38. The number of hydrogen-bond donors (Lipinski definition) is 2. The third-order valence-corrected chi connectivity index (χ3v) is 2.56. The van der Waals surface area contributed by atoms with E-state index in [1.54, 1.807) is 13.0 Å². The molecule has 0 amide bonds. The lowest BCUT2D eigenvalue weighted by Gasteiger charge is -2.08. The van der Waals surface area contributed by atoms with Gasteiger partial charge in [0.25, 0.3) is 5.56 Å². The van der Waals surface area contributed by atoms with Crippen LogP contribution in [0.25, 0.3) is 11.4 Å². The first-order valence-corrected chi connectivity index (χ1v) is 5.75. The summed E-state index contributed by atoms with van der Waals surface area (Å²) in [6.07, 6.45) is 0. The zero-order valence-corrected chi connectivity index (χ0v) is 10.5. The van der Waals surface area contributed by atoms with Crippen LogP contribution in [0.15, 0.2) is 23.0 Å². The van der Waals surface area contributed by atoms with Crippen LogP contribution in [0, 0.1) is 12.7 Å². The van der Waals surface area contributed by atoms with Crippen molar-refractivity contribution in [1.82, 2.24) is 9.97 Å². The zero-order valence-electron chi connectivity index (χ0n) is 10.5. The number of phenolic OH excluding ortho intramolecular Hbond substituents is 1. The van der Waals surface area contributed by atoms with E-state index in [4.69, 9.17) is 4.74 Å². The van der Waals surface area contributed by atoms with Crippen LogP contribution in [0.4, 0.5) is 4.39 Å². The molecule has 0 bridgehead atoms. The molecule has 0 saturated heterocycles. The predicted molar refractivity (Wildman–Crippen MR) is 67.8 cm³/mol. The molecule has 0 atom stereocenters. The van der Waals surface area contributed by atoms with Crippen LogP contribution in [0.5, 0.6) is 11.5 Å². The van der Waals surface area contributed by atoms with E-state index in [1.165, 1.54) is 19.1 Å². The molecule has 1 aromatic heterocycles. The number of phenols is 1. The van der Waals surface area contributed by atoms with Gasteiger partial charge in [-0.25, -0.2) is 4.98 Å². The summed E-state index contributed by atoms with van der Waals surface area (Å²) >= 11 is 0. The molecule has 1 heterocycles. The number of hydrogen-bond acceptors (Lipinski definition) is 4. The number of aromatic hydroxyl groups is 1. The minimum absolute atomic E-state index is 0.00761. The smallest absolute Gasteiger partial charge is 0.287 e. The van der Waals surface area contributed by atoms with Crippen molar-refractivity contribution in [2.45, 2.75) is 13.8 Å². The van der Waals surface area contributed by atoms with Crippen LogP contribution in [-0.4, -0.2) is 21.7 Å². The summed E-state index contributed by atoms with van der Waals surface area (Å²) in [6, 6.07) is 4.53. The van der Waals surface area contributed by atoms with Crippen molar-refractivity contribution >= 4 is 0 Å². The minimum Gasteiger partial charge on any atom is -0.504 e. The number of halogens is 1. The number of nitrogens with zero attached hydrogens (tertiary/aromatic N) is 1. The lowest BCUT2D eigenvalue weighted by atomic mass is 10.2. The number of H-pyrrole nitrogens is 1. The second-order valence-corrected chi connectivity index (χ2v) is 3.93. The highest BCUT2D eigenvalue weighted by Crippen LogP contribution is 2.30. The summed E-state index contributed by atoms with van der Waals surface area (Å²) in [5, 5.41) is 9.59. The van der Waals surface area contributed by atoms with Gasteiger partial charge in [0.2, 0.25) is 5.82 Å². The van der Waals surface area contributed by atoms with Crippen LogP contribution >= 0.6 is 0 Å². The highest BCUT2D eigenvalue weighted by molar-refractivity contribution is 5.60. The van der Waals surface area contributed by atoms with Gasteiger partial charge in [-0.3, -0.25) is 4.79 Å². The molecule has 2 aromatic rings. The molecule has 1 aromatic carbocycles. The van der Waals surface area contributed by atoms with Crippen molar-refractivity contribution in [3.8, 4) is 22.9 Å². The first kappa shape index (κ1) is 13.1. The SMILES string of the molecule is CCOc1cc(-c2nc(C)c(F)c(=O)[nH]2)ccc1O. The van der Waals surface area contributed by atoms with Gasteiger partial charge in [-0.2, -0.15) is 4.39 Å². The second-order valence-electron chi connectivity index (χ2n) is 3.93. The molecule has 19 heavy (non-hydrogen) atoms. The van der Waals surface area contributed by atoms with Crippen molar-refractivity contribution in [2.24, 2.45) is 0 Å². The summed E-state index contributed by atoms with van der Waals surface area (Å²) in [6.45, 7) is 3.59. The van der Waals surface area contributed by atoms with E-state index < -0.39 is 11.4 Å². The molecular formula is C13H13FN2O3. The second kappa shape index (κ2) is 5.09. The molecule has 0 aliphatic rings. The van der Waals surface area contributed by atoms with Crippen LogP contribution in [0.2, 0.25) is 0 Å². The standard InChI is InChI=1S/C13H13FN2O3/c1-3-19-10-6-8(4-5-9(10)17)12-15-7(2)11(14)13(18)16-12/h4-6,17H,3H2,1-2H3,(H,15,16,18). The van der Waals surface area contributed by atoms with Gasteiger partial charge in [-0.05, 0) is 32.0 Å². The summed E-state index contributed by atoms with van der Waals surface area (Å²) in [4.78, 5) is 17.7. The van der Waals surface area contributed by atoms with E-state index in [1.807, 2.05) is 0 Å². The molecule has 0 aliphatic carbocycles. The predicted octanol–water partition coefficient (Wildman–Crippen LogP) is 1.99. The van der Waals surface area contributed by atoms with Crippen LogP contribution in [0.1, 0.15) is 12.6 Å². The third-order valence-electron chi connectivity index (χ3n) is 2.56. The van der Waals surface area contributed by atoms with Gasteiger partial charge < -0.3 is 14.8 Å². The van der Waals surface area contributed by atoms with Gasteiger partial charge in [0.05, 0.1) is 12.3 Å². The van der Waals surface area contributed by atoms with Crippen molar-refractivity contribution in [3.05, 3.63) is 40.1 Å². The third kappa shape index (κ3) is 2.57. The Morgan fingerprint density at radius 2 is 2.21 bits per heavy atom. The van der Waals surface area contributed by atoms with Crippen molar-refractivity contribution < 1.29 is 14.2 Å². The van der Waals surface area contributed by atoms with Gasteiger partial charge >= 0.3 is 0 Å². The Bertz CT molecular complexity index is 667. The fourth-order valence-electron chi connectivity index (χ4n) is 1.64. The topological polar surface area (TPSA) is 75.2 Å². The van der Waals surface area contributed by atoms with Crippen molar-refractivity contribution in [3.63, 3.8) is 0 Å². The van der Waals surface area contributed by atoms with E-state index in [-0.39, 0.29) is 23.0 Å². The zero-order chi connectivity index (χ0) is 14.0. The Kier molecular flexibility index (Phi) is 3.50. The first-order chi connectivity index (χ1) is 9.02. The van der Waals surface area contributed by atoms with E-state index in [9.17, 15) is 14.3 Å². The monoisotopic (exact) mass is 264 g/mol. The lowest BCUT2D eigenvalue weighted by Crippen LogP contribution is -2.15. The highest BCUT2D eigenvalue weighted by atomic mass is 19.1. The molecule has 0 unspecified atom stereocenters. The molecular weight excluding hydrogens is 251 g/mol. The molecule has 2 rings (SSSR count). The van der Waals surface area contributed by atoms with Crippen LogP contribution in [0.3, 0.4) is 0 Å². The van der Waals surface area contributed by atoms with Crippen molar-refractivity contribution in [1.29, 1.82) is 0 Å². The molecule has 0 saturated carbocycles. The van der Waals surface area contributed by atoms with Gasteiger partial charge in [0, 0.05) is 5.56 Å². The van der Waals surface area contributed by atoms with Gasteiger partial charge in [0.15, 0.2) is 11.5 Å². The molecule has 0 aliphatic heterocycles. The number of aromatic amines is 1. The maximum Gasteiger partial charge on any atom is 0.287 e. The Hall–Kier alpha value is -2.37. The molecule has 6 heteroatoms. The number of aromatic nitrogens is 2. The number of benzene rings is 1. The number of ether oxygens (including phenoxy) is 1. The first-order valence-electron chi connectivity index (χ1n) is 5.75. The maximum absolute atomic E-state index is 13.2. The number of nitrogens with one attached hydrogen (secondary N) is 1. The molecule has 100 valence electrons.